The Labute approximate surface area is 101 Å². The van der Waals surface area contributed by atoms with Gasteiger partial charge in [-0.1, -0.05) is 36.1 Å². The van der Waals surface area contributed by atoms with Gasteiger partial charge in [0.05, 0.1) is 16.6 Å². The molecule has 0 spiro atoms. The molecule has 16 heavy (non-hydrogen) atoms. The second kappa shape index (κ2) is 4.04. The maximum absolute atomic E-state index is 3.59. The highest BCUT2D eigenvalue weighted by Gasteiger charge is 2.25. The molecule has 1 atom stereocenters. The van der Waals surface area contributed by atoms with E-state index >= 15 is 0 Å². The zero-order chi connectivity index (χ0) is 11.0. The summed E-state index contributed by atoms with van der Waals surface area (Å²) in [7, 11) is 0. The zero-order valence-electron chi connectivity index (χ0n) is 9.42. The fourth-order valence-electron chi connectivity index (χ4n) is 2.18. The summed E-state index contributed by atoms with van der Waals surface area (Å²) >= 11 is 1.88. The molecule has 0 aromatic heterocycles. The average molecular weight is 229 g/mol. The fourth-order valence-corrected chi connectivity index (χ4v) is 3.34. The molecule has 1 aliphatic heterocycles. The highest BCUT2D eigenvalue weighted by Crippen LogP contribution is 2.39. The van der Waals surface area contributed by atoms with Crippen molar-refractivity contribution in [3.05, 3.63) is 51.1 Å². The van der Waals surface area contributed by atoms with Crippen LogP contribution >= 0.6 is 11.8 Å². The number of hydrogen-bond acceptors (Lipinski definition) is 2. The molecule has 3 rings (SSSR count). The van der Waals surface area contributed by atoms with Crippen molar-refractivity contribution >= 4 is 11.8 Å². The molecule has 1 fully saturated rings. The van der Waals surface area contributed by atoms with Gasteiger partial charge in [-0.2, -0.15) is 0 Å². The van der Waals surface area contributed by atoms with Gasteiger partial charge in [-0.15, -0.1) is 5.73 Å². The monoisotopic (exact) mass is 229 g/mol. The van der Waals surface area contributed by atoms with E-state index in [0.717, 1.165) is 19.3 Å². The zero-order valence-corrected chi connectivity index (χ0v) is 10.2. The number of rotatable bonds is 0. The van der Waals surface area contributed by atoms with Crippen molar-refractivity contribution in [2.45, 2.75) is 32.2 Å². The lowest BCUT2D eigenvalue weighted by atomic mass is 10.1. The molecule has 0 radical (unpaired) electrons. The first-order valence-electron chi connectivity index (χ1n) is 5.81. The summed E-state index contributed by atoms with van der Waals surface area (Å²) in [5.74, 6) is 0. The smallest absolute Gasteiger partial charge is 0.0767 e. The Kier molecular flexibility index (Phi) is 2.55. The van der Waals surface area contributed by atoms with Crippen LogP contribution in [0.4, 0.5) is 0 Å². The van der Waals surface area contributed by atoms with Gasteiger partial charge in [-0.25, -0.2) is 0 Å². The topological polar surface area (TPSA) is 12.0 Å². The third-order valence-electron chi connectivity index (χ3n) is 3.06. The predicted molar refractivity (Wildman–Crippen MR) is 69.9 cm³/mol. The molecule has 0 saturated carbocycles. The van der Waals surface area contributed by atoms with Crippen LogP contribution in [0.25, 0.3) is 0 Å². The summed E-state index contributed by atoms with van der Waals surface area (Å²) in [6.45, 7) is 2.17. The normalized spacial score (nSPS) is 27.4. The van der Waals surface area contributed by atoms with E-state index in [0.29, 0.717) is 6.04 Å². The Morgan fingerprint density at radius 2 is 2.38 bits per heavy atom. The van der Waals surface area contributed by atoms with Crippen molar-refractivity contribution < 1.29 is 0 Å². The van der Waals surface area contributed by atoms with Crippen LogP contribution in [0, 0.1) is 0 Å². The maximum atomic E-state index is 3.59. The molecule has 1 nitrogen and oxygen atoms in total. The van der Waals surface area contributed by atoms with Crippen molar-refractivity contribution in [2.24, 2.45) is 0 Å². The lowest BCUT2D eigenvalue weighted by Crippen LogP contribution is -2.32. The number of hydrogen-bond donors (Lipinski definition) is 1. The highest BCUT2D eigenvalue weighted by atomic mass is 32.2. The van der Waals surface area contributed by atoms with Gasteiger partial charge in [0, 0.05) is 4.91 Å². The van der Waals surface area contributed by atoms with Gasteiger partial charge in [0.25, 0.3) is 0 Å². The van der Waals surface area contributed by atoms with Crippen LogP contribution in [0.1, 0.15) is 26.2 Å². The molecule has 1 saturated heterocycles. The summed E-state index contributed by atoms with van der Waals surface area (Å²) in [5.41, 5.74) is 6.15. The van der Waals surface area contributed by atoms with Crippen LogP contribution in [0.2, 0.25) is 0 Å². The van der Waals surface area contributed by atoms with Gasteiger partial charge in [-0.3, -0.25) is 0 Å². The summed E-state index contributed by atoms with van der Waals surface area (Å²) in [6.07, 6.45) is 12.4. The maximum Gasteiger partial charge on any atom is 0.0767 e. The Morgan fingerprint density at radius 3 is 3.31 bits per heavy atom. The van der Waals surface area contributed by atoms with E-state index in [2.05, 4.69) is 42.3 Å². The van der Waals surface area contributed by atoms with E-state index in [9.17, 15) is 0 Å². The average Bonchev–Trinajstić information content (AvgIpc) is 2.46. The van der Waals surface area contributed by atoms with Crippen molar-refractivity contribution in [1.29, 1.82) is 0 Å². The van der Waals surface area contributed by atoms with Gasteiger partial charge < -0.3 is 5.32 Å². The van der Waals surface area contributed by atoms with Gasteiger partial charge >= 0.3 is 0 Å². The Hall–Kier alpha value is -1.11. The molecule has 2 aliphatic carbocycles. The molecule has 0 amide bonds. The van der Waals surface area contributed by atoms with Crippen molar-refractivity contribution in [2.75, 3.05) is 0 Å². The lowest BCUT2D eigenvalue weighted by molar-refractivity contribution is 0.767. The van der Waals surface area contributed by atoms with Gasteiger partial charge in [0.2, 0.25) is 0 Å². The minimum atomic E-state index is 0.397. The van der Waals surface area contributed by atoms with Crippen LogP contribution in [0.15, 0.2) is 51.1 Å². The third kappa shape index (κ3) is 1.79. The molecular weight excluding hydrogens is 214 g/mol. The Bertz CT molecular complexity index is 473. The van der Waals surface area contributed by atoms with Crippen LogP contribution in [0.3, 0.4) is 0 Å². The SMILES string of the molecule is CC1=C=C2SC3=CCC=CC3NC2=CCC1. The van der Waals surface area contributed by atoms with E-state index in [1.807, 2.05) is 11.8 Å². The second-order valence-corrected chi connectivity index (χ2v) is 5.47. The van der Waals surface area contributed by atoms with Gasteiger partial charge in [0.15, 0.2) is 0 Å². The molecule has 1 N–H and O–H groups in total. The van der Waals surface area contributed by atoms with Crippen molar-refractivity contribution in [3.63, 3.8) is 0 Å². The highest BCUT2D eigenvalue weighted by molar-refractivity contribution is 8.07. The quantitative estimate of drug-likeness (QED) is 0.503. The molecule has 0 aromatic carbocycles. The lowest BCUT2D eigenvalue weighted by Gasteiger charge is -2.29. The van der Waals surface area contributed by atoms with Crippen LogP contribution in [-0.2, 0) is 0 Å². The van der Waals surface area contributed by atoms with Crippen molar-refractivity contribution in [1.82, 2.24) is 5.32 Å². The van der Waals surface area contributed by atoms with E-state index < -0.39 is 0 Å². The molecule has 2 heteroatoms. The van der Waals surface area contributed by atoms with E-state index in [-0.39, 0.29) is 0 Å². The van der Waals surface area contributed by atoms with E-state index in [4.69, 9.17) is 0 Å². The van der Waals surface area contributed by atoms with Crippen LogP contribution in [-0.4, -0.2) is 6.04 Å². The molecule has 1 heterocycles. The van der Waals surface area contributed by atoms with Crippen LogP contribution in [0.5, 0.6) is 0 Å². The summed E-state index contributed by atoms with van der Waals surface area (Å²) < 4.78 is 0. The fraction of sp³-hybridized carbons (Fsp3) is 0.357. The van der Waals surface area contributed by atoms with E-state index in [1.54, 1.807) is 0 Å². The largest absolute Gasteiger partial charge is 0.373 e. The summed E-state index contributed by atoms with van der Waals surface area (Å²) in [4.78, 5) is 2.70. The second-order valence-electron chi connectivity index (χ2n) is 4.39. The van der Waals surface area contributed by atoms with Gasteiger partial charge in [-0.05, 0) is 31.8 Å². The van der Waals surface area contributed by atoms with Crippen LogP contribution < -0.4 is 5.32 Å². The number of allylic oxidation sites excluding steroid dienone is 3. The molecule has 0 aromatic rings. The van der Waals surface area contributed by atoms with Gasteiger partial charge in [0.1, 0.15) is 0 Å². The standard InChI is InChI=1S/C14H15NS/c1-10-5-4-7-12-14(9-10)16-13-8-3-2-6-11(13)15-12/h2,6-8,11,15H,3-5H2,1H3. The first-order chi connectivity index (χ1) is 7.83. The third-order valence-corrected chi connectivity index (χ3v) is 4.24. The Balaban J connectivity index is 2.01. The first-order valence-corrected chi connectivity index (χ1v) is 6.62. The number of thioether (sulfide) groups is 1. The minimum Gasteiger partial charge on any atom is -0.373 e. The summed E-state index contributed by atoms with van der Waals surface area (Å²) in [5, 5.41) is 3.59. The molecular formula is C14H15NS. The predicted octanol–water partition coefficient (Wildman–Crippen LogP) is 3.64. The molecule has 3 aliphatic rings. The first kappa shape index (κ1) is 10.1. The number of nitrogens with one attached hydrogen (secondary N) is 1. The summed E-state index contributed by atoms with van der Waals surface area (Å²) in [6, 6.07) is 0.397. The van der Waals surface area contributed by atoms with E-state index in [1.165, 1.54) is 21.1 Å². The molecule has 1 unspecified atom stereocenters. The minimum absolute atomic E-state index is 0.397. The Morgan fingerprint density at radius 1 is 1.44 bits per heavy atom. The molecule has 82 valence electrons. The molecule has 0 bridgehead atoms. The van der Waals surface area contributed by atoms with Crippen molar-refractivity contribution in [3.8, 4) is 0 Å². The number of fused-ring (bicyclic) bond motifs is 2.